The molecule has 0 aliphatic heterocycles. The first-order valence-corrected chi connectivity index (χ1v) is 5.03. The minimum absolute atomic E-state index is 0.182. The number of H-pyrrole nitrogens is 1. The van der Waals surface area contributed by atoms with E-state index in [2.05, 4.69) is 10.3 Å². The Balaban J connectivity index is 2.85. The quantitative estimate of drug-likeness (QED) is 0.689. The van der Waals surface area contributed by atoms with E-state index >= 15 is 0 Å². The fourth-order valence-electron chi connectivity index (χ4n) is 1.04. The first kappa shape index (κ1) is 12.4. The predicted molar refractivity (Wildman–Crippen MR) is 60.3 cm³/mol. The molecule has 0 saturated heterocycles. The number of aliphatic hydroxyl groups excluding tert-OH is 1. The molecule has 1 unspecified atom stereocenters. The molecular weight excluding hydrogens is 208 g/mol. The Morgan fingerprint density at radius 2 is 2.12 bits per heavy atom. The smallest absolute Gasteiger partial charge is 0.268 e. The summed E-state index contributed by atoms with van der Waals surface area (Å²) >= 11 is 0. The first-order valence-electron chi connectivity index (χ1n) is 5.03. The van der Waals surface area contributed by atoms with Crippen molar-refractivity contribution in [1.29, 1.82) is 0 Å². The lowest BCUT2D eigenvalue weighted by molar-refractivity contribution is 0.0705. The van der Waals surface area contributed by atoms with E-state index in [0.29, 0.717) is 0 Å². The molecule has 0 saturated carbocycles. The van der Waals surface area contributed by atoms with Crippen LogP contribution in [0.15, 0.2) is 23.0 Å². The highest BCUT2D eigenvalue weighted by Gasteiger charge is 2.26. The third kappa shape index (κ3) is 2.93. The van der Waals surface area contributed by atoms with Gasteiger partial charge in [-0.25, -0.2) is 0 Å². The number of aromatic amines is 1. The number of carbonyl (C=O) groups is 1. The molecule has 1 heterocycles. The molecule has 1 rings (SSSR count). The van der Waals surface area contributed by atoms with Gasteiger partial charge in [-0.1, -0.05) is 6.07 Å². The van der Waals surface area contributed by atoms with Crippen LogP contribution in [-0.4, -0.2) is 27.6 Å². The van der Waals surface area contributed by atoms with Crippen molar-refractivity contribution in [2.45, 2.75) is 32.4 Å². The van der Waals surface area contributed by atoms with Gasteiger partial charge >= 0.3 is 0 Å². The number of nitrogens with one attached hydrogen (secondary N) is 2. The maximum absolute atomic E-state index is 11.7. The van der Waals surface area contributed by atoms with Gasteiger partial charge in [-0.3, -0.25) is 9.59 Å². The number of hydrogen-bond donors (Lipinski definition) is 3. The number of rotatable bonds is 3. The van der Waals surface area contributed by atoms with Crippen molar-refractivity contribution < 1.29 is 9.90 Å². The van der Waals surface area contributed by atoms with E-state index in [0.717, 1.165) is 0 Å². The summed E-state index contributed by atoms with van der Waals surface area (Å²) in [4.78, 5) is 25.2. The molecule has 3 N–H and O–H groups in total. The van der Waals surface area contributed by atoms with Crippen molar-refractivity contribution in [3.8, 4) is 0 Å². The molecular formula is C11H16N2O3. The Morgan fingerprint density at radius 1 is 1.50 bits per heavy atom. The van der Waals surface area contributed by atoms with Crippen molar-refractivity contribution in [2.75, 3.05) is 0 Å². The van der Waals surface area contributed by atoms with Crippen molar-refractivity contribution in [1.82, 2.24) is 10.3 Å². The summed E-state index contributed by atoms with van der Waals surface area (Å²) in [5.41, 5.74) is -0.896. The number of aromatic nitrogens is 1. The summed E-state index contributed by atoms with van der Waals surface area (Å²) in [6.45, 7) is 5.00. The van der Waals surface area contributed by atoms with Crippen LogP contribution in [0.1, 0.15) is 31.3 Å². The molecule has 0 aliphatic carbocycles. The molecule has 0 spiro atoms. The van der Waals surface area contributed by atoms with Gasteiger partial charge in [0.1, 0.15) is 5.69 Å². The lowest BCUT2D eigenvalue weighted by Gasteiger charge is -2.29. The Bertz CT molecular complexity index is 435. The van der Waals surface area contributed by atoms with Gasteiger partial charge in [0.2, 0.25) is 5.56 Å². The predicted octanol–water partition coefficient (Wildman–Crippen LogP) is 0.264. The standard InChI is InChI=1S/C11H16N2O3/c1-7(14)11(2,3)13-10(16)8-5-4-6-9(15)12-8/h4-7,14H,1-3H3,(H,12,15)(H,13,16). The molecule has 1 aromatic rings. The Morgan fingerprint density at radius 3 is 2.62 bits per heavy atom. The van der Waals surface area contributed by atoms with Gasteiger partial charge in [-0.15, -0.1) is 0 Å². The van der Waals surface area contributed by atoms with Gasteiger partial charge in [0.25, 0.3) is 5.91 Å². The molecule has 88 valence electrons. The zero-order chi connectivity index (χ0) is 12.3. The van der Waals surface area contributed by atoms with Crippen LogP contribution in [0.4, 0.5) is 0 Å². The van der Waals surface area contributed by atoms with Gasteiger partial charge < -0.3 is 15.4 Å². The summed E-state index contributed by atoms with van der Waals surface area (Å²) < 4.78 is 0. The largest absolute Gasteiger partial charge is 0.391 e. The third-order valence-corrected chi connectivity index (χ3v) is 2.49. The summed E-state index contributed by atoms with van der Waals surface area (Å²) in [5, 5.41) is 12.1. The second-order valence-electron chi connectivity index (χ2n) is 4.28. The Labute approximate surface area is 93.5 Å². The Hall–Kier alpha value is -1.62. The molecule has 5 heteroatoms. The van der Waals surface area contributed by atoms with Crippen LogP contribution in [0.5, 0.6) is 0 Å². The highest BCUT2D eigenvalue weighted by atomic mass is 16.3. The van der Waals surface area contributed by atoms with Crippen molar-refractivity contribution in [3.05, 3.63) is 34.2 Å². The van der Waals surface area contributed by atoms with Crippen LogP contribution >= 0.6 is 0 Å². The van der Waals surface area contributed by atoms with E-state index in [1.807, 2.05) is 0 Å². The first-order chi connectivity index (χ1) is 7.33. The monoisotopic (exact) mass is 224 g/mol. The summed E-state index contributed by atoms with van der Waals surface area (Å²) in [6, 6.07) is 4.34. The second kappa shape index (κ2) is 4.49. The van der Waals surface area contributed by atoms with E-state index in [4.69, 9.17) is 0 Å². The van der Waals surface area contributed by atoms with Crippen molar-refractivity contribution >= 4 is 5.91 Å². The number of hydrogen-bond acceptors (Lipinski definition) is 3. The van der Waals surface area contributed by atoms with Crippen LogP contribution in [0, 0.1) is 0 Å². The summed E-state index contributed by atoms with van der Waals surface area (Å²) in [7, 11) is 0. The lowest BCUT2D eigenvalue weighted by atomic mass is 9.98. The molecule has 1 atom stereocenters. The van der Waals surface area contributed by atoms with Crippen LogP contribution < -0.4 is 10.9 Å². The minimum atomic E-state index is -0.746. The average molecular weight is 224 g/mol. The Kier molecular flexibility index (Phi) is 3.49. The summed E-state index contributed by atoms with van der Waals surface area (Å²) in [5.74, 6) is -0.413. The number of aliphatic hydroxyl groups is 1. The lowest BCUT2D eigenvalue weighted by Crippen LogP contribution is -2.51. The topological polar surface area (TPSA) is 82.2 Å². The highest BCUT2D eigenvalue weighted by Crippen LogP contribution is 2.09. The fourth-order valence-corrected chi connectivity index (χ4v) is 1.04. The zero-order valence-corrected chi connectivity index (χ0v) is 9.57. The fraction of sp³-hybridized carbons (Fsp3) is 0.455. The van der Waals surface area contributed by atoms with E-state index in [-0.39, 0.29) is 11.3 Å². The zero-order valence-electron chi connectivity index (χ0n) is 9.57. The molecule has 0 radical (unpaired) electrons. The van der Waals surface area contributed by atoms with Gasteiger partial charge in [-0.2, -0.15) is 0 Å². The van der Waals surface area contributed by atoms with Crippen LogP contribution in [0.2, 0.25) is 0 Å². The molecule has 0 aromatic carbocycles. The molecule has 1 aromatic heterocycles. The molecule has 1 amide bonds. The van der Waals surface area contributed by atoms with Crippen molar-refractivity contribution in [2.24, 2.45) is 0 Å². The molecule has 0 bridgehead atoms. The molecule has 0 aliphatic rings. The normalized spacial score (nSPS) is 13.2. The van der Waals surface area contributed by atoms with Gasteiger partial charge in [0.15, 0.2) is 0 Å². The molecule has 16 heavy (non-hydrogen) atoms. The van der Waals surface area contributed by atoms with E-state index in [1.54, 1.807) is 20.8 Å². The number of amides is 1. The average Bonchev–Trinajstić information content (AvgIpc) is 2.16. The number of pyridine rings is 1. The van der Waals surface area contributed by atoms with E-state index in [1.165, 1.54) is 18.2 Å². The van der Waals surface area contributed by atoms with E-state index in [9.17, 15) is 14.7 Å². The highest BCUT2D eigenvalue weighted by molar-refractivity contribution is 5.92. The minimum Gasteiger partial charge on any atom is -0.391 e. The van der Waals surface area contributed by atoms with Gasteiger partial charge in [0, 0.05) is 6.07 Å². The molecule has 5 nitrogen and oxygen atoms in total. The van der Waals surface area contributed by atoms with Crippen molar-refractivity contribution in [3.63, 3.8) is 0 Å². The van der Waals surface area contributed by atoms with Crippen LogP contribution in [0.25, 0.3) is 0 Å². The second-order valence-corrected chi connectivity index (χ2v) is 4.28. The van der Waals surface area contributed by atoms with Gasteiger partial charge in [0.05, 0.1) is 11.6 Å². The van der Waals surface area contributed by atoms with Crippen LogP contribution in [-0.2, 0) is 0 Å². The van der Waals surface area contributed by atoms with Gasteiger partial charge in [-0.05, 0) is 26.8 Å². The van der Waals surface area contributed by atoms with Crippen LogP contribution in [0.3, 0.4) is 0 Å². The number of carbonyl (C=O) groups excluding carboxylic acids is 1. The maximum atomic E-state index is 11.7. The maximum Gasteiger partial charge on any atom is 0.268 e. The summed E-state index contributed by atoms with van der Waals surface area (Å²) in [6.07, 6.45) is -0.688. The SMILES string of the molecule is CC(O)C(C)(C)NC(=O)c1cccc(=O)[nH]1. The van der Waals surface area contributed by atoms with E-state index < -0.39 is 17.6 Å². The molecule has 0 fully saturated rings. The third-order valence-electron chi connectivity index (χ3n) is 2.49.